The van der Waals surface area contributed by atoms with Crippen molar-refractivity contribution in [1.82, 2.24) is 9.97 Å². The van der Waals surface area contributed by atoms with Gasteiger partial charge in [-0.3, -0.25) is 9.78 Å². The van der Waals surface area contributed by atoms with Gasteiger partial charge >= 0.3 is 0 Å². The van der Waals surface area contributed by atoms with Crippen LogP contribution in [0.5, 0.6) is 0 Å². The average Bonchev–Trinajstić information content (AvgIpc) is 2.82. The van der Waals surface area contributed by atoms with E-state index in [1.165, 1.54) is 6.20 Å². The lowest BCUT2D eigenvalue weighted by atomic mass is 10.2. The van der Waals surface area contributed by atoms with Gasteiger partial charge in [0.2, 0.25) is 0 Å². The fourth-order valence-electron chi connectivity index (χ4n) is 1.31. The summed E-state index contributed by atoms with van der Waals surface area (Å²) >= 11 is 0. The molecule has 2 rings (SSSR count). The van der Waals surface area contributed by atoms with Crippen LogP contribution in [0.3, 0.4) is 0 Å². The maximum absolute atomic E-state index is 11.7. The van der Waals surface area contributed by atoms with Gasteiger partial charge in [-0.05, 0) is 24.3 Å². The van der Waals surface area contributed by atoms with Crippen molar-refractivity contribution in [1.29, 1.82) is 0 Å². The molecule has 5 nitrogen and oxygen atoms in total. The van der Waals surface area contributed by atoms with Crippen LogP contribution in [0.1, 0.15) is 16.1 Å². The minimum absolute atomic E-state index is 0.177. The zero-order chi connectivity index (χ0) is 11.4. The molecule has 1 amide bonds. The summed E-state index contributed by atoms with van der Waals surface area (Å²) in [7, 11) is 0. The molecule has 82 valence electrons. The van der Waals surface area contributed by atoms with Crippen molar-refractivity contribution >= 4 is 11.7 Å². The standard InChI is InChI=1S/C11H11N3O2/c15-7-9-6-8(3-5-12-9)11(16)14-10-2-1-4-13-10/h1-6,13,15H,7H2,(H,14,16). The first kappa shape index (κ1) is 10.4. The van der Waals surface area contributed by atoms with Gasteiger partial charge in [-0.2, -0.15) is 0 Å². The molecular formula is C11H11N3O2. The van der Waals surface area contributed by atoms with Crippen molar-refractivity contribution < 1.29 is 9.90 Å². The van der Waals surface area contributed by atoms with Crippen molar-refractivity contribution in [2.24, 2.45) is 0 Å². The lowest BCUT2D eigenvalue weighted by Gasteiger charge is -2.03. The highest BCUT2D eigenvalue weighted by Gasteiger charge is 2.07. The Balaban J connectivity index is 2.14. The van der Waals surface area contributed by atoms with Crippen LogP contribution in [0.25, 0.3) is 0 Å². The summed E-state index contributed by atoms with van der Waals surface area (Å²) in [4.78, 5) is 18.5. The first-order valence-corrected chi connectivity index (χ1v) is 4.80. The number of hydrogen-bond donors (Lipinski definition) is 3. The number of anilines is 1. The summed E-state index contributed by atoms with van der Waals surface area (Å²) < 4.78 is 0. The molecule has 0 aliphatic heterocycles. The maximum Gasteiger partial charge on any atom is 0.256 e. The number of carbonyl (C=O) groups is 1. The number of aromatic nitrogens is 2. The first-order chi connectivity index (χ1) is 7.79. The number of rotatable bonds is 3. The normalized spacial score (nSPS) is 10.1. The number of aromatic amines is 1. The van der Waals surface area contributed by atoms with Crippen LogP contribution < -0.4 is 5.32 Å². The number of H-pyrrole nitrogens is 1. The van der Waals surface area contributed by atoms with Crippen LogP contribution in [0.2, 0.25) is 0 Å². The number of hydrogen-bond acceptors (Lipinski definition) is 3. The molecule has 0 aliphatic rings. The Kier molecular flexibility index (Phi) is 2.98. The molecule has 3 N–H and O–H groups in total. The molecule has 0 unspecified atom stereocenters. The molecule has 0 radical (unpaired) electrons. The van der Waals surface area contributed by atoms with Gasteiger partial charge in [0.25, 0.3) is 5.91 Å². The van der Waals surface area contributed by atoms with Crippen LogP contribution in [0.4, 0.5) is 5.82 Å². The summed E-state index contributed by atoms with van der Waals surface area (Å²) in [6.45, 7) is -0.177. The highest BCUT2D eigenvalue weighted by atomic mass is 16.3. The molecule has 0 saturated carbocycles. The van der Waals surface area contributed by atoms with Crippen molar-refractivity contribution in [2.45, 2.75) is 6.61 Å². The van der Waals surface area contributed by atoms with E-state index in [9.17, 15) is 4.79 Å². The molecule has 16 heavy (non-hydrogen) atoms. The third-order valence-electron chi connectivity index (χ3n) is 2.09. The van der Waals surface area contributed by atoms with Gasteiger partial charge < -0.3 is 15.4 Å². The van der Waals surface area contributed by atoms with Crippen LogP contribution in [0.15, 0.2) is 36.7 Å². The lowest BCUT2D eigenvalue weighted by molar-refractivity contribution is 0.102. The third-order valence-corrected chi connectivity index (χ3v) is 2.09. The molecule has 0 spiro atoms. The molecule has 5 heteroatoms. The zero-order valence-corrected chi connectivity index (χ0v) is 8.47. The van der Waals surface area contributed by atoms with Crippen molar-refractivity contribution in [3.8, 4) is 0 Å². The number of amides is 1. The Morgan fingerprint density at radius 3 is 3.06 bits per heavy atom. The number of aliphatic hydroxyl groups excluding tert-OH is 1. The minimum atomic E-state index is -0.237. The van der Waals surface area contributed by atoms with Crippen LogP contribution >= 0.6 is 0 Å². The molecule has 0 bridgehead atoms. The van der Waals surface area contributed by atoms with E-state index >= 15 is 0 Å². The number of nitrogens with one attached hydrogen (secondary N) is 2. The van der Waals surface area contributed by atoms with Gasteiger partial charge in [-0.1, -0.05) is 0 Å². The second kappa shape index (κ2) is 4.59. The predicted octanol–water partition coefficient (Wildman–Crippen LogP) is 1.15. The second-order valence-electron chi connectivity index (χ2n) is 3.23. The summed E-state index contributed by atoms with van der Waals surface area (Å²) in [6.07, 6.45) is 3.22. The van der Waals surface area contributed by atoms with Gasteiger partial charge in [0.1, 0.15) is 5.82 Å². The molecule has 0 atom stereocenters. The number of pyridine rings is 1. The quantitative estimate of drug-likeness (QED) is 0.721. The fourth-order valence-corrected chi connectivity index (χ4v) is 1.31. The molecule has 0 saturated heterocycles. The van der Waals surface area contributed by atoms with Gasteiger partial charge in [0, 0.05) is 18.0 Å². The Morgan fingerprint density at radius 1 is 1.50 bits per heavy atom. The second-order valence-corrected chi connectivity index (χ2v) is 3.23. The van der Waals surface area contributed by atoms with Crippen LogP contribution in [0, 0.1) is 0 Å². The zero-order valence-electron chi connectivity index (χ0n) is 8.47. The van der Waals surface area contributed by atoms with Gasteiger partial charge in [0.05, 0.1) is 12.3 Å². The fraction of sp³-hybridized carbons (Fsp3) is 0.0909. The first-order valence-electron chi connectivity index (χ1n) is 4.80. The van der Waals surface area contributed by atoms with Gasteiger partial charge in [-0.15, -0.1) is 0 Å². The summed E-state index contributed by atoms with van der Waals surface area (Å²) in [6, 6.07) is 6.70. The van der Waals surface area contributed by atoms with Gasteiger partial charge in [0.15, 0.2) is 0 Å². The van der Waals surface area contributed by atoms with E-state index in [2.05, 4.69) is 15.3 Å². The highest BCUT2D eigenvalue weighted by molar-refractivity contribution is 6.03. The Bertz CT molecular complexity index is 480. The van der Waals surface area contributed by atoms with E-state index in [4.69, 9.17) is 5.11 Å². The molecule has 0 aliphatic carbocycles. The van der Waals surface area contributed by atoms with Crippen molar-refractivity contribution in [2.75, 3.05) is 5.32 Å². The average molecular weight is 217 g/mol. The lowest BCUT2D eigenvalue weighted by Crippen LogP contribution is -2.12. The Labute approximate surface area is 92.2 Å². The predicted molar refractivity (Wildman–Crippen MR) is 58.9 cm³/mol. The number of aliphatic hydroxyl groups is 1. The molecule has 2 aromatic rings. The number of carbonyl (C=O) groups excluding carboxylic acids is 1. The Morgan fingerprint density at radius 2 is 2.38 bits per heavy atom. The summed E-state index contributed by atoms with van der Waals surface area (Å²) in [5, 5.41) is 11.6. The van der Waals surface area contributed by atoms with Crippen molar-refractivity contribution in [3.63, 3.8) is 0 Å². The Hall–Kier alpha value is -2.14. The molecule has 2 aromatic heterocycles. The minimum Gasteiger partial charge on any atom is -0.390 e. The number of nitrogens with zero attached hydrogens (tertiary/aromatic N) is 1. The molecular weight excluding hydrogens is 206 g/mol. The molecule has 0 aromatic carbocycles. The van der Waals surface area contributed by atoms with Gasteiger partial charge in [-0.25, -0.2) is 0 Å². The van der Waals surface area contributed by atoms with E-state index in [-0.39, 0.29) is 12.5 Å². The highest BCUT2D eigenvalue weighted by Crippen LogP contribution is 2.07. The van der Waals surface area contributed by atoms with E-state index in [1.807, 2.05) is 0 Å². The monoisotopic (exact) mass is 217 g/mol. The third kappa shape index (κ3) is 2.26. The SMILES string of the molecule is O=C(Nc1ccc[nH]1)c1ccnc(CO)c1. The maximum atomic E-state index is 11.7. The smallest absolute Gasteiger partial charge is 0.256 e. The van der Waals surface area contributed by atoms with E-state index < -0.39 is 0 Å². The molecule has 0 fully saturated rings. The van der Waals surface area contributed by atoms with E-state index in [0.717, 1.165) is 0 Å². The van der Waals surface area contributed by atoms with E-state index in [1.54, 1.807) is 30.5 Å². The van der Waals surface area contributed by atoms with Crippen LogP contribution in [-0.2, 0) is 6.61 Å². The van der Waals surface area contributed by atoms with E-state index in [0.29, 0.717) is 17.1 Å². The summed E-state index contributed by atoms with van der Waals surface area (Å²) in [5.74, 6) is 0.395. The molecule has 2 heterocycles. The van der Waals surface area contributed by atoms with Crippen LogP contribution in [-0.4, -0.2) is 21.0 Å². The topological polar surface area (TPSA) is 78.0 Å². The van der Waals surface area contributed by atoms with Crippen molar-refractivity contribution in [3.05, 3.63) is 47.9 Å². The summed E-state index contributed by atoms with van der Waals surface area (Å²) in [5.41, 5.74) is 0.938. The largest absolute Gasteiger partial charge is 0.390 e.